The van der Waals surface area contributed by atoms with Gasteiger partial charge in [-0.15, -0.1) is 0 Å². The number of imidazole rings is 1. The first kappa shape index (κ1) is 12.3. The number of hydrogen-bond donors (Lipinski definition) is 1. The molecule has 0 bridgehead atoms. The van der Waals surface area contributed by atoms with Crippen molar-refractivity contribution in [2.75, 3.05) is 6.54 Å². The van der Waals surface area contributed by atoms with Crippen molar-refractivity contribution in [2.24, 2.45) is 0 Å². The standard InChI is InChI=1S/C14H16N4/c1-2-7-16-11-12-5-3-4-6-13(12)18-9-8-17-14(18)10-15/h3-6,8-9,16H,2,7,11H2,1H3. The molecular formula is C14H16N4. The molecule has 4 nitrogen and oxygen atoms in total. The van der Waals surface area contributed by atoms with E-state index in [4.69, 9.17) is 5.26 Å². The summed E-state index contributed by atoms with van der Waals surface area (Å²) in [5.74, 6) is 0.415. The SMILES string of the molecule is CCCNCc1ccccc1-n1ccnc1C#N. The molecule has 1 aromatic carbocycles. The molecule has 92 valence electrons. The van der Waals surface area contributed by atoms with E-state index in [1.807, 2.05) is 29.0 Å². The highest BCUT2D eigenvalue weighted by atomic mass is 15.1. The second kappa shape index (κ2) is 5.99. The van der Waals surface area contributed by atoms with E-state index in [9.17, 15) is 0 Å². The molecule has 0 unspecified atom stereocenters. The lowest BCUT2D eigenvalue weighted by atomic mass is 10.1. The fourth-order valence-electron chi connectivity index (χ4n) is 1.88. The van der Waals surface area contributed by atoms with E-state index in [2.05, 4.69) is 29.4 Å². The summed E-state index contributed by atoms with van der Waals surface area (Å²) >= 11 is 0. The average molecular weight is 240 g/mol. The van der Waals surface area contributed by atoms with E-state index >= 15 is 0 Å². The Morgan fingerprint density at radius 2 is 2.22 bits per heavy atom. The normalized spacial score (nSPS) is 10.2. The third-order valence-electron chi connectivity index (χ3n) is 2.73. The zero-order valence-corrected chi connectivity index (χ0v) is 10.4. The van der Waals surface area contributed by atoms with Crippen LogP contribution in [-0.2, 0) is 6.54 Å². The number of para-hydroxylation sites is 1. The molecular weight excluding hydrogens is 224 g/mol. The Morgan fingerprint density at radius 1 is 1.39 bits per heavy atom. The monoisotopic (exact) mass is 240 g/mol. The van der Waals surface area contributed by atoms with Gasteiger partial charge in [-0.2, -0.15) is 5.26 Å². The van der Waals surface area contributed by atoms with Crippen LogP contribution in [0, 0.1) is 11.3 Å². The minimum Gasteiger partial charge on any atom is -0.313 e. The van der Waals surface area contributed by atoms with E-state index in [1.165, 1.54) is 5.56 Å². The van der Waals surface area contributed by atoms with E-state index in [0.717, 1.165) is 25.2 Å². The molecule has 0 aliphatic rings. The number of nitrogens with zero attached hydrogens (tertiary/aromatic N) is 3. The van der Waals surface area contributed by atoms with Gasteiger partial charge in [0.05, 0.1) is 5.69 Å². The smallest absolute Gasteiger partial charge is 0.217 e. The second-order valence-corrected chi connectivity index (χ2v) is 4.04. The quantitative estimate of drug-likeness (QED) is 0.815. The van der Waals surface area contributed by atoms with Gasteiger partial charge in [0.1, 0.15) is 6.07 Å². The van der Waals surface area contributed by atoms with Crippen LogP contribution in [0.4, 0.5) is 0 Å². The van der Waals surface area contributed by atoms with Gasteiger partial charge >= 0.3 is 0 Å². The molecule has 0 atom stereocenters. The predicted molar refractivity (Wildman–Crippen MR) is 70.3 cm³/mol. The summed E-state index contributed by atoms with van der Waals surface area (Å²) in [5.41, 5.74) is 2.18. The van der Waals surface area contributed by atoms with Gasteiger partial charge in [-0.25, -0.2) is 4.98 Å². The van der Waals surface area contributed by atoms with Crippen LogP contribution in [0.1, 0.15) is 24.7 Å². The predicted octanol–water partition coefficient (Wildman–Crippen LogP) is 2.24. The molecule has 2 rings (SSSR count). The second-order valence-electron chi connectivity index (χ2n) is 4.04. The van der Waals surface area contributed by atoms with Gasteiger partial charge < -0.3 is 5.32 Å². The summed E-state index contributed by atoms with van der Waals surface area (Å²) in [7, 11) is 0. The Hall–Kier alpha value is -2.12. The molecule has 1 aromatic heterocycles. The van der Waals surface area contributed by atoms with E-state index < -0.39 is 0 Å². The van der Waals surface area contributed by atoms with Crippen molar-refractivity contribution in [1.29, 1.82) is 5.26 Å². The van der Waals surface area contributed by atoms with Gasteiger partial charge in [0.25, 0.3) is 0 Å². The Labute approximate surface area is 107 Å². The number of benzene rings is 1. The summed E-state index contributed by atoms with van der Waals surface area (Å²) in [6, 6.07) is 10.2. The molecule has 0 radical (unpaired) electrons. The average Bonchev–Trinajstić information content (AvgIpc) is 2.88. The van der Waals surface area contributed by atoms with Crippen molar-refractivity contribution in [3.8, 4) is 11.8 Å². The maximum Gasteiger partial charge on any atom is 0.217 e. The Balaban J connectivity index is 2.30. The van der Waals surface area contributed by atoms with Gasteiger partial charge in [0.2, 0.25) is 5.82 Å². The summed E-state index contributed by atoms with van der Waals surface area (Å²) in [5, 5.41) is 12.4. The largest absolute Gasteiger partial charge is 0.313 e. The molecule has 18 heavy (non-hydrogen) atoms. The van der Waals surface area contributed by atoms with E-state index in [1.54, 1.807) is 6.20 Å². The van der Waals surface area contributed by atoms with Crippen molar-refractivity contribution in [1.82, 2.24) is 14.9 Å². The van der Waals surface area contributed by atoms with Crippen LogP contribution >= 0.6 is 0 Å². The Kier molecular flexibility index (Phi) is 4.11. The van der Waals surface area contributed by atoms with E-state index in [-0.39, 0.29) is 0 Å². The van der Waals surface area contributed by atoms with Crippen molar-refractivity contribution >= 4 is 0 Å². The van der Waals surface area contributed by atoms with Crippen LogP contribution in [-0.4, -0.2) is 16.1 Å². The van der Waals surface area contributed by atoms with Crippen LogP contribution in [0.15, 0.2) is 36.7 Å². The highest BCUT2D eigenvalue weighted by Crippen LogP contribution is 2.15. The zero-order valence-electron chi connectivity index (χ0n) is 10.4. The van der Waals surface area contributed by atoms with Crippen molar-refractivity contribution in [3.05, 3.63) is 48.0 Å². The maximum absolute atomic E-state index is 9.02. The van der Waals surface area contributed by atoms with Crippen molar-refractivity contribution < 1.29 is 0 Å². The molecule has 0 amide bonds. The molecule has 0 saturated heterocycles. The molecule has 0 aliphatic carbocycles. The molecule has 0 aliphatic heterocycles. The maximum atomic E-state index is 9.02. The first-order valence-electron chi connectivity index (χ1n) is 6.09. The summed E-state index contributed by atoms with van der Waals surface area (Å²) < 4.78 is 1.82. The van der Waals surface area contributed by atoms with Crippen LogP contribution in [0.5, 0.6) is 0 Å². The van der Waals surface area contributed by atoms with Gasteiger partial charge in [-0.1, -0.05) is 25.1 Å². The van der Waals surface area contributed by atoms with E-state index in [0.29, 0.717) is 5.82 Å². The highest BCUT2D eigenvalue weighted by Gasteiger charge is 2.07. The van der Waals surface area contributed by atoms with Crippen molar-refractivity contribution in [2.45, 2.75) is 19.9 Å². The summed E-state index contributed by atoms with van der Waals surface area (Å²) in [6.45, 7) is 3.93. The molecule has 1 N–H and O–H groups in total. The molecule has 0 saturated carbocycles. The van der Waals surface area contributed by atoms with Crippen LogP contribution in [0.25, 0.3) is 5.69 Å². The van der Waals surface area contributed by atoms with Crippen LogP contribution in [0.2, 0.25) is 0 Å². The topological polar surface area (TPSA) is 53.6 Å². The van der Waals surface area contributed by atoms with Crippen LogP contribution < -0.4 is 5.32 Å². The molecule has 0 spiro atoms. The molecule has 0 fully saturated rings. The fourth-order valence-corrected chi connectivity index (χ4v) is 1.88. The Bertz CT molecular complexity index is 551. The first-order valence-corrected chi connectivity index (χ1v) is 6.09. The van der Waals surface area contributed by atoms with Gasteiger partial charge in [0, 0.05) is 18.9 Å². The molecule has 1 heterocycles. The number of hydrogen-bond acceptors (Lipinski definition) is 3. The lowest BCUT2D eigenvalue weighted by Gasteiger charge is -2.11. The number of rotatable bonds is 5. The van der Waals surface area contributed by atoms with Gasteiger partial charge in [-0.05, 0) is 24.6 Å². The summed E-state index contributed by atoms with van der Waals surface area (Å²) in [4.78, 5) is 4.03. The Morgan fingerprint density at radius 3 is 3.00 bits per heavy atom. The van der Waals surface area contributed by atoms with Crippen LogP contribution in [0.3, 0.4) is 0 Å². The minimum atomic E-state index is 0.415. The molecule has 2 aromatic rings. The minimum absolute atomic E-state index is 0.415. The lowest BCUT2D eigenvalue weighted by Crippen LogP contribution is -2.15. The van der Waals surface area contributed by atoms with Crippen molar-refractivity contribution in [3.63, 3.8) is 0 Å². The lowest BCUT2D eigenvalue weighted by molar-refractivity contribution is 0.672. The number of nitrogens with one attached hydrogen (secondary N) is 1. The number of aromatic nitrogens is 2. The third kappa shape index (κ3) is 2.58. The third-order valence-corrected chi connectivity index (χ3v) is 2.73. The van der Waals surface area contributed by atoms with Gasteiger partial charge in [0.15, 0.2) is 0 Å². The summed E-state index contributed by atoms with van der Waals surface area (Å²) in [6.07, 6.45) is 4.57. The molecule has 4 heteroatoms. The zero-order chi connectivity index (χ0) is 12.8. The fraction of sp³-hybridized carbons (Fsp3) is 0.286. The first-order chi connectivity index (χ1) is 8.86. The highest BCUT2D eigenvalue weighted by molar-refractivity contribution is 5.43. The van der Waals surface area contributed by atoms with Gasteiger partial charge in [-0.3, -0.25) is 4.57 Å². The number of nitriles is 1.